The number of rotatable bonds is 8. The number of methoxy groups -OCH3 is 2. The summed E-state index contributed by atoms with van der Waals surface area (Å²) in [6.45, 7) is 0.529. The number of hydrogen-bond acceptors (Lipinski definition) is 6. The first-order valence-corrected chi connectivity index (χ1v) is 8.22. The molecule has 1 atom stereocenters. The van der Waals surface area contributed by atoms with E-state index in [1.165, 1.54) is 13.4 Å². The number of benzene rings is 1. The molecular formula is C13H21NO5S. The molecule has 0 radical (unpaired) electrons. The molecule has 20 heavy (non-hydrogen) atoms. The van der Waals surface area contributed by atoms with Crippen LogP contribution >= 0.6 is 0 Å². The maximum absolute atomic E-state index is 11.0. The van der Waals surface area contributed by atoms with Crippen molar-refractivity contribution < 1.29 is 23.0 Å². The zero-order valence-electron chi connectivity index (χ0n) is 11.9. The van der Waals surface area contributed by atoms with Gasteiger partial charge in [-0.05, 0) is 18.2 Å². The van der Waals surface area contributed by atoms with E-state index >= 15 is 0 Å². The van der Waals surface area contributed by atoms with Crippen LogP contribution in [0.4, 0.5) is 0 Å². The molecule has 7 heteroatoms. The first-order chi connectivity index (χ1) is 9.37. The summed E-state index contributed by atoms with van der Waals surface area (Å²) in [6.07, 6.45) is 0.371. The van der Waals surface area contributed by atoms with Crippen molar-refractivity contribution in [3.63, 3.8) is 0 Å². The van der Waals surface area contributed by atoms with Gasteiger partial charge in [0.25, 0.3) is 0 Å². The van der Waals surface area contributed by atoms with Crippen molar-refractivity contribution in [1.29, 1.82) is 0 Å². The molecule has 1 rings (SSSR count). The molecule has 1 aromatic rings. The molecule has 0 aliphatic heterocycles. The smallest absolute Gasteiger partial charge is 0.148 e. The first-order valence-electron chi connectivity index (χ1n) is 6.16. The molecule has 0 saturated heterocycles. The average molecular weight is 303 g/mol. The third-order valence-corrected chi connectivity index (χ3v) is 3.73. The van der Waals surface area contributed by atoms with Crippen molar-refractivity contribution in [2.24, 2.45) is 0 Å². The highest BCUT2D eigenvalue weighted by Gasteiger charge is 2.14. The van der Waals surface area contributed by atoms with Crippen LogP contribution in [0.5, 0.6) is 11.5 Å². The monoisotopic (exact) mass is 303 g/mol. The van der Waals surface area contributed by atoms with Gasteiger partial charge in [0.1, 0.15) is 21.3 Å². The minimum Gasteiger partial charge on any atom is -0.497 e. The largest absolute Gasteiger partial charge is 0.497 e. The minimum absolute atomic E-state index is 0.0367. The topological polar surface area (TPSA) is 84.9 Å². The van der Waals surface area contributed by atoms with E-state index in [2.05, 4.69) is 5.32 Å². The maximum atomic E-state index is 11.0. The second kappa shape index (κ2) is 7.47. The standard InChI is InChI=1S/C13H21NO5S/c1-18-10-4-5-13(19-2)11(8-10)12(15)9-14-6-7-20(3,16)17/h4-5,8,12,14-15H,6-7,9H2,1-3H3. The summed E-state index contributed by atoms with van der Waals surface area (Å²) in [5, 5.41) is 13.0. The summed E-state index contributed by atoms with van der Waals surface area (Å²) in [5.41, 5.74) is 0.596. The molecule has 0 aliphatic rings. The number of ether oxygens (including phenoxy) is 2. The van der Waals surface area contributed by atoms with Crippen molar-refractivity contribution in [1.82, 2.24) is 5.32 Å². The molecule has 0 spiro atoms. The number of aliphatic hydroxyl groups is 1. The maximum Gasteiger partial charge on any atom is 0.148 e. The molecule has 2 N–H and O–H groups in total. The van der Waals surface area contributed by atoms with Crippen LogP contribution in [0.15, 0.2) is 18.2 Å². The van der Waals surface area contributed by atoms with Gasteiger partial charge in [-0.1, -0.05) is 0 Å². The van der Waals surface area contributed by atoms with E-state index in [0.29, 0.717) is 23.6 Å². The fourth-order valence-corrected chi connectivity index (χ4v) is 2.22. The van der Waals surface area contributed by atoms with Gasteiger partial charge in [-0.3, -0.25) is 0 Å². The molecule has 1 aromatic carbocycles. The van der Waals surface area contributed by atoms with Crippen LogP contribution in [-0.2, 0) is 9.84 Å². The third kappa shape index (κ3) is 5.36. The second-order valence-electron chi connectivity index (χ2n) is 4.46. The van der Waals surface area contributed by atoms with Gasteiger partial charge in [0.15, 0.2) is 0 Å². The van der Waals surface area contributed by atoms with Crippen LogP contribution in [0.25, 0.3) is 0 Å². The van der Waals surface area contributed by atoms with Crippen LogP contribution in [0, 0.1) is 0 Å². The molecule has 0 aromatic heterocycles. The zero-order chi connectivity index (χ0) is 15.2. The molecule has 0 amide bonds. The van der Waals surface area contributed by atoms with Crippen LogP contribution < -0.4 is 14.8 Å². The Kier molecular flexibility index (Phi) is 6.25. The van der Waals surface area contributed by atoms with Crippen molar-refractivity contribution in [3.05, 3.63) is 23.8 Å². The van der Waals surface area contributed by atoms with Crippen LogP contribution in [0.2, 0.25) is 0 Å². The van der Waals surface area contributed by atoms with Gasteiger partial charge in [0.05, 0.1) is 26.1 Å². The van der Waals surface area contributed by atoms with Gasteiger partial charge in [-0.25, -0.2) is 8.42 Å². The average Bonchev–Trinajstić information content (AvgIpc) is 2.41. The van der Waals surface area contributed by atoms with E-state index in [9.17, 15) is 13.5 Å². The molecule has 0 fully saturated rings. The van der Waals surface area contributed by atoms with Crippen LogP contribution in [0.3, 0.4) is 0 Å². The zero-order valence-corrected chi connectivity index (χ0v) is 12.7. The molecular weight excluding hydrogens is 282 g/mol. The highest BCUT2D eigenvalue weighted by molar-refractivity contribution is 7.90. The Morgan fingerprint density at radius 2 is 2.00 bits per heavy atom. The Labute approximate surface area is 119 Å². The van der Waals surface area contributed by atoms with Gasteiger partial charge in [0.2, 0.25) is 0 Å². The molecule has 0 bridgehead atoms. The van der Waals surface area contributed by atoms with E-state index < -0.39 is 15.9 Å². The quantitative estimate of drug-likeness (QED) is 0.675. The lowest BCUT2D eigenvalue weighted by Gasteiger charge is -2.16. The van der Waals surface area contributed by atoms with E-state index in [-0.39, 0.29) is 12.3 Å². The summed E-state index contributed by atoms with van der Waals surface area (Å²) >= 11 is 0. The summed E-state index contributed by atoms with van der Waals surface area (Å²) < 4.78 is 32.3. The second-order valence-corrected chi connectivity index (χ2v) is 6.72. The Morgan fingerprint density at radius 3 is 2.55 bits per heavy atom. The molecule has 0 aliphatic carbocycles. The summed E-state index contributed by atoms with van der Waals surface area (Å²) in [6, 6.07) is 5.15. The number of hydrogen-bond donors (Lipinski definition) is 2. The fraction of sp³-hybridized carbons (Fsp3) is 0.538. The van der Waals surface area contributed by atoms with Crippen LogP contribution in [0.1, 0.15) is 11.7 Å². The van der Waals surface area contributed by atoms with Gasteiger partial charge in [0, 0.05) is 24.9 Å². The Bertz CT molecular complexity index is 530. The molecule has 1 unspecified atom stereocenters. The van der Waals surface area contributed by atoms with Crippen molar-refractivity contribution in [3.8, 4) is 11.5 Å². The normalized spacial score (nSPS) is 13.0. The van der Waals surface area contributed by atoms with Crippen molar-refractivity contribution in [2.75, 3.05) is 39.3 Å². The van der Waals surface area contributed by atoms with E-state index in [1.54, 1.807) is 25.3 Å². The van der Waals surface area contributed by atoms with Gasteiger partial charge >= 0.3 is 0 Å². The van der Waals surface area contributed by atoms with E-state index in [1.807, 2.05) is 0 Å². The predicted octanol–water partition coefficient (Wildman–Crippen LogP) is 0.371. The Hall–Kier alpha value is -1.31. The Balaban J connectivity index is 2.64. The first kappa shape index (κ1) is 16.7. The summed E-state index contributed by atoms with van der Waals surface area (Å²) in [7, 11) is 0.0679. The fourth-order valence-electron chi connectivity index (χ4n) is 1.71. The van der Waals surface area contributed by atoms with Gasteiger partial charge in [-0.15, -0.1) is 0 Å². The van der Waals surface area contributed by atoms with Crippen LogP contribution in [-0.4, -0.2) is 52.8 Å². The van der Waals surface area contributed by atoms with E-state index in [4.69, 9.17) is 9.47 Å². The number of nitrogens with one attached hydrogen (secondary N) is 1. The molecule has 0 heterocycles. The van der Waals surface area contributed by atoms with Gasteiger partial charge < -0.3 is 19.9 Å². The lowest BCUT2D eigenvalue weighted by molar-refractivity contribution is 0.171. The van der Waals surface area contributed by atoms with E-state index in [0.717, 1.165) is 0 Å². The molecule has 114 valence electrons. The minimum atomic E-state index is -3.00. The number of sulfone groups is 1. The predicted molar refractivity (Wildman–Crippen MR) is 77.1 cm³/mol. The lowest BCUT2D eigenvalue weighted by Crippen LogP contribution is -2.27. The number of aliphatic hydroxyl groups excluding tert-OH is 1. The summed E-state index contributed by atoms with van der Waals surface area (Å²) in [5.74, 6) is 1.22. The highest BCUT2D eigenvalue weighted by atomic mass is 32.2. The molecule has 6 nitrogen and oxygen atoms in total. The summed E-state index contributed by atoms with van der Waals surface area (Å²) in [4.78, 5) is 0. The highest BCUT2D eigenvalue weighted by Crippen LogP contribution is 2.28. The lowest BCUT2D eigenvalue weighted by atomic mass is 10.1. The van der Waals surface area contributed by atoms with Crippen molar-refractivity contribution >= 4 is 9.84 Å². The Morgan fingerprint density at radius 1 is 1.30 bits per heavy atom. The third-order valence-electron chi connectivity index (χ3n) is 2.78. The van der Waals surface area contributed by atoms with Gasteiger partial charge in [-0.2, -0.15) is 0 Å². The SMILES string of the molecule is COc1ccc(OC)c(C(O)CNCCS(C)(=O)=O)c1. The van der Waals surface area contributed by atoms with Crippen molar-refractivity contribution in [2.45, 2.75) is 6.10 Å². The molecule has 0 saturated carbocycles.